The molecule has 0 spiro atoms. The van der Waals surface area contributed by atoms with Crippen LogP contribution in [-0.2, 0) is 16.1 Å². The summed E-state index contributed by atoms with van der Waals surface area (Å²) in [6.07, 6.45) is 3.26. The van der Waals surface area contributed by atoms with E-state index < -0.39 is 11.3 Å². The third-order valence-electron chi connectivity index (χ3n) is 2.61. The highest BCUT2D eigenvalue weighted by molar-refractivity contribution is 5.75. The lowest BCUT2D eigenvalue weighted by Gasteiger charge is -2.23. The van der Waals surface area contributed by atoms with Crippen LogP contribution in [0, 0.1) is 0 Å². The maximum Gasteiger partial charge on any atom is 0.347 e. The zero-order valence-corrected chi connectivity index (χ0v) is 11.1. The van der Waals surface area contributed by atoms with Crippen molar-refractivity contribution in [1.82, 2.24) is 14.9 Å². The first-order valence-corrected chi connectivity index (χ1v) is 5.94. The molecule has 1 atom stereocenters. The normalized spacial score (nSPS) is 13.8. The molecular weight excluding hydrogens is 250 g/mol. The molecule has 19 heavy (non-hydrogen) atoms. The van der Waals surface area contributed by atoms with Crippen LogP contribution in [0.1, 0.15) is 13.3 Å². The second-order valence-corrected chi connectivity index (χ2v) is 4.55. The second kappa shape index (κ2) is 7.01. The molecule has 106 valence electrons. The summed E-state index contributed by atoms with van der Waals surface area (Å²) in [5, 5.41) is 12.5. The Kier molecular flexibility index (Phi) is 5.65. The molecule has 0 saturated carbocycles. The van der Waals surface area contributed by atoms with E-state index in [0.29, 0.717) is 13.0 Å². The van der Waals surface area contributed by atoms with Crippen LogP contribution in [0.3, 0.4) is 0 Å². The van der Waals surface area contributed by atoms with Gasteiger partial charge in [-0.15, -0.1) is 0 Å². The van der Waals surface area contributed by atoms with Gasteiger partial charge in [-0.2, -0.15) is 0 Å². The minimum Gasteiger partial charge on any atom is -0.388 e. The Balaban J connectivity index is 2.44. The highest BCUT2D eigenvalue weighted by atomic mass is 16.5. The summed E-state index contributed by atoms with van der Waals surface area (Å²) in [4.78, 5) is 26.5. The van der Waals surface area contributed by atoms with Crippen LogP contribution in [0.4, 0.5) is 0 Å². The molecule has 7 heteroatoms. The molecular formula is C12H19N3O4. The van der Waals surface area contributed by atoms with Gasteiger partial charge in [0.05, 0.1) is 5.60 Å². The number of rotatable bonds is 7. The summed E-state index contributed by atoms with van der Waals surface area (Å²) in [6.45, 7) is 2.00. The molecule has 0 fully saturated rings. The first kappa shape index (κ1) is 15.3. The lowest BCUT2D eigenvalue weighted by Crippen LogP contribution is -2.43. The van der Waals surface area contributed by atoms with E-state index in [1.165, 1.54) is 17.0 Å². The fraction of sp³-hybridized carbons (Fsp3) is 0.583. The van der Waals surface area contributed by atoms with Gasteiger partial charge in [-0.3, -0.25) is 9.36 Å². The number of nitrogens with zero attached hydrogens (tertiary/aromatic N) is 2. The Morgan fingerprint density at radius 1 is 1.63 bits per heavy atom. The molecule has 1 amide bonds. The standard InChI is InChI=1S/C12H19N3O4/c1-12(18,4-7-19-2)9-14-10(16)8-15-6-3-5-13-11(15)17/h3,5-6,18H,4,7-9H2,1-2H3,(H,14,16). The predicted octanol–water partition coefficient (Wildman–Crippen LogP) is -0.853. The Morgan fingerprint density at radius 3 is 3.00 bits per heavy atom. The summed E-state index contributed by atoms with van der Waals surface area (Å²) in [5.41, 5.74) is -1.52. The molecule has 1 heterocycles. The smallest absolute Gasteiger partial charge is 0.347 e. The maximum atomic E-state index is 11.6. The molecule has 0 aromatic carbocycles. The fourth-order valence-electron chi connectivity index (χ4n) is 1.42. The van der Waals surface area contributed by atoms with Gasteiger partial charge in [-0.25, -0.2) is 9.78 Å². The minimum absolute atomic E-state index is 0.101. The van der Waals surface area contributed by atoms with Crippen molar-refractivity contribution in [1.29, 1.82) is 0 Å². The van der Waals surface area contributed by atoms with Crippen molar-refractivity contribution in [3.05, 3.63) is 28.9 Å². The topological polar surface area (TPSA) is 93.4 Å². The van der Waals surface area contributed by atoms with Crippen molar-refractivity contribution < 1.29 is 14.6 Å². The minimum atomic E-state index is -1.04. The molecule has 0 saturated heterocycles. The molecule has 0 aliphatic heterocycles. The number of carbonyl (C=O) groups excluding carboxylic acids is 1. The van der Waals surface area contributed by atoms with Gasteiger partial charge >= 0.3 is 5.69 Å². The van der Waals surface area contributed by atoms with Gasteiger partial charge in [0.25, 0.3) is 0 Å². The largest absolute Gasteiger partial charge is 0.388 e. The average molecular weight is 269 g/mol. The van der Waals surface area contributed by atoms with E-state index in [9.17, 15) is 14.7 Å². The Bertz CT molecular complexity index is 470. The molecule has 1 rings (SSSR count). The monoisotopic (exact) mass is 269 g/mol. The summed E-state index contributed by atoms with van der Waals surface area (Å²) in [6, 6.07) is 1.57. The Hall–Kier alpha value is -1.73. The van der Waals surface area contributed by atoms with E-state index in [4.69, 9.17) is 4.74 Å². The molecule has 1 aromatic rings. The van der Waals surface area contributed by atoms with Crippen molar-refractivity contribution in [2.45, 2.75) is 25.5 Å². The average Bonchev–Trinajstić information content (AvgIpc) is 2.37. The van der Waals surface area contributed by atoms with Gasteiger partial charge < -0.3 is 15.2 Å². The Labute approximate surface area is 111 Å². The summed E-state index contributed by atoms with van der Waals surface area (Å²) in [5.74, 6) is -0.354. The van der Waals surface area contributed by atoms with E-state index in [1.807, 2.05) is 0 Å². The van der Waals surface area contributed by atoms with Gasteiger partial charge in [0.15, 0.2) is 0 Å². The number of ether oxygens (including phenoxy) is 1. The number of aromatic nitrogens is 2. The van der Waals surface area contributed by atoms with Crippen molar-refractivity contribution in [2.24, 2.45) is 0 Å². The molecule has 0 aliphatic carbocycles. The highest BCUT2D eigenvalue weighted by Gasteiger charge is 2.20. The summed E-state index contributed by atoms with van der Waals surface area (Å²) >= 11 is 0. The number of hydrogen-bond donors (Lipinski definition) is 2. The molecule has 0 aliphatic rings. The quantitative estimate of drug-likeness (QED) is 0.672. The van der Waals surface area contributed by atoms with E-state index in [1.54, 1.807) is 20.1 Å². The van der Waals surface area contributed by atoms with E-state index >= 15 is 0 Å². The molecule has 0 bridgehead atoms. The summed E-state index contributed by atoms with van der Waals surface area (Å²) < 4.78 is 6.06. The number of hydrogen-bond acceptors (Lipinski definition) is 5. The van der Waals surface area contributed by atoms with E-state index in [-0.39, 0.29) is 19.0 Å². The third-order valence-corrected chi connectivity index (χ3v) is 2.61. The lowest BCUT2D eigenvalue weighted by atomic mass is 10.0. The van der Waals surface area contributed by atoms with Gasteiger partial charge in [0.2, 0.25) is 5.91 Å². The van der Waals surface area contributed by atoms with Gasteiger partial charge in [-0.05, 0) is 13.0 Å². The van der Waals surface area contributed by atoms with Crippen molar-refractivity contribution >= 4 is 5.91 Å². The molecule has 7 nitrogen and oxygen atoms in total. The first-order chi connectivity index (χ1) is 8.94. The Morgan fingerprint density at radius 2 is 2.37 bits per heavy atom. The summed E-state index contributed by atoms with van der Waals surface area (Å²) in [7, 11) is 1.55. The van der Waals surface area contributed by atoms with Gasteiger partial charge in [0.1, 0.15) is 6.54 Å². The maximum absolute atomic E-state index is 11.6. The second-order valence-electron chi connectivity index (χ2n) is 4.55. The van der Waals surface area contributed by atoms with Gasteiger partial charge in [-0.1, -0.05) is 0 Å². The molecule has 1 unspecified atom stereocenters. The zero-order valence-electron chi connectivity index (χ0n) is 11.1. The van der Waals surface area contributed by atoms with Crippen molar-refractivity contribution in [3.8, 4) is 0 Å². The lowest BCUT2D eigenvalue weighted by molar-refractivity contribution is -0.123. The third kappa shape index (κ3) is 5.62. The highest BCUT2D eigenvalue weighted by Crippen LogP contribution is 2.07. The number of methoxy groups -OCH3 is 1. The van der Waals surface area contributed by atoms with Crippen molar-refractivity contribution in [2.75, 3.05) is 20.3 Å². The molecule has 0 radical (unpaired) electrons. The number of carbonyl (C=O) groups is 1. The van der Waals surface area contributed by atoms with Crippen LogP contribution in [0.25, 0.3) is 0 Å². The van der Waals surface area contributed by atoms with Gasteiger partial charge in [0, 0.05) is 39.1 Å². The fourth-order valence-corrected chi connectivity index (χ4v) is 1.42. The van der Waals surface area contributed by atoms with Crippen molar-refractivity contribution in [3.63, 3.8) is 0 Å². The van der Waals surface area contributed by atoms with E-state index in [2.05, 4.69) is 10.3 Å². The zero-order chi connectivity index (χ0) is 14.3. The van der Waals surface area contributed by atoms with Crippen LogP contribution in [0.15, 0.2) is 23.3 Å². The number of aliphatic hydroxyl groups is 1. The first-order valence-electron chi connectivity index (χ1n) is 5.94. The molecule has 1 aromatic heterocycles. The van der Waals surface area contributed by atoms with Crippen LogP contribution < -0.4 is 11.0 Å². The van der Waals surface area contributed by atoms with E-state index in [0.717, 1.165) is 0 Å². The van der Waals surface area contributed by atoms with Crippen LogP contribution >= 0.6 is 0 Å². The van der Waals surface area contributed by atoms with Crippen LogP contribution in [0.2, 0.25) is 0 Å². The number of amides is 1. The number of nitrogens with one attached hydrogen (secondary N) is 1. The molecule has 2 N–H and O–H groups in total. The van der Waals surface area contributed by atoms with Crippen LogP contribution in [-0.4, -0.2) is 46.4 Å². The SMILES string of the molecule is COCCC(C)(O)CNC(=O)Cn1cccnc1=O. The predicted molar refractivity (Wildman–Crippen MR) is 68.6 cm³/mol. The van der Waals surface area contributed by atoms with Crippen LogP contribution in [0.5, 0.6) is 0 Å².